The van der Waals surface area contributed by atoms with Crippen molar-refractivity contribution >= 4 is 46.2 Å². The highest BCUT2D eigenvalue weighted by molar-refractivity contribution is 6.01. The van der Waals surface area contributed by atoms with Crippen molar-refractivity contribution in [1.29, 1.82) is 0 Å². The highest BCUT2D eigenvalue weighted by Gasteiger charge is 2.38. The van der Waals surface area contributed by atoms with Crippen LogP contribution in [0.15, 0.2) is 97.1 Å². The first kappa shape index (κ1) is 35.6. The number of hydrogen-bond acceptors (Lipinski definition) is 5. The average molecular weight is 653 g/mol. The van der Waals surface area contributed by atoms with Crippen molar-refractivity contribution in [1.82, 2.24) is 16.0 Å². The van der Waals surface area contributed by atoms with E-state index >= 15 is 0 Å². The molecule has 0 saturated heterocycles. The van der Waals surface area contributed by atoms with Crippen LogP contribution < -0.4 is 21.3 Å². The van der Waals surface area contributed by atoms with E-state index in [1.54, 1.807) is 18.2 Å². The summed E-state index contributed by atoms with van der Waals surface area (Å²) >= 11 is 0. The summed E-state index contributed by atoms with van der Waals surface area (Å²) in [7, 11) is 0. The second kappa shape index (κ2) is 17.0. The molecule has 6 N–H and O–H groups in total. The minimum absolute atomic E-state index is 0.0320. The monoisotopic (exact) mass is 652 g/mol. The normalized spacial score (nSPS) is 11.3. The molecule has 0 fully saturated rings. The minimum Gasteiger partial charge on any atom is -0.481 e. The number of carbonyl (C=O) groups is 5. The lowest BCUT2D eigenvalue weighted by Crippen LogP contribution is -2.40. The van der Waals surface area contributed by atoms with Crippen molar-refractivity contribution in [3.8, 4) is 11.1 Å². The second-order valence-corrected chi connectivity index (χ2v) is 9.94. The third-order valence-corrected chi connectivity index (χ3v) is 6.50. The summed E-state index contributed by atoms with van der Waals surface area (Å²) in [6.07, 6.45) is -5.42. The van der Waals surface area contributed by atoms with E-state index < -0.39 is 42.0 Å². The van der Waals surface area contributed by atoms with Crippen molar-refractivity contribution in [3.63, 3.8) is 0 Å². The van der Waals surface area contributed by atoms with Gasteiger partial charge in [-0.2, -0.15) is 13.2 Å². The van der Waals surface area contributed by atoms with Crippen molar-refractivity contribution in [3.05, 3.63) is 103 Å². The average Bonchev–Trinajstić information content (AvgIpc) is 3.04. The van der Waals surface area contributed by atoms with Crippen molar-refractivity contribution in [2.45, 2.75) is 25.1 Å². The smallest absolute Gasteiger partial charge is 0.481 e. The van der Waals surface area contributed by atoms with Gasteiger partial charge in [-0.15, -0.1) is 0 Å². The summed E-state index contributed by atoms with van der Waals surface area (Å²) in [5.74, 6) is -4.77. The molecular formula is C33H31F3N4O7. The van der Waals surface area contributed by atoms with Gasteiger partial charge in [0.05, 0.1) is 24.7 Å². The molecule has 0 aromatic heterocycles. The molecule has 0 aliphatic rings. The van der Waals surface area contributed by atoms with Crippen LogP contribution in [0.1, 0.15) is 24.4 Å². The van der Waals surface area contributed by atoms with Gasteiger partial charge in [-0.1, -0.05) is 91.0 Å². The summed E-state index contributed by atoms with van der Waals surface area (Å²) in [4.78, 5) is 57.3. The van der Waals surface area contributed by atoms with Crippen LogP contribution in [0.3, 0.4) is 0 Å². The van der Waals surface area contributed by atoms with Crippen molar-refractivity contribution in [2.24, 2.45) is 0 Å². The number of carboxylic acid groups (broad SMARTS) is 2. The molecule has 0 radical (unpaired) electrons. The first-order valence-corrected chi connectivity index (χ1v) is 14.1. The van der Waals surface area contributed by atoms with Crippen molar-refractivity contribution in [2.75, 3.05) is 18.4 Å². The number of benzene rings is 4. The molecule has 4 amide bonds. The zero-order chi connectivity index (χ0) is 34.4. The maximum atomic E-state index is 12.5. The Morgan fingerprint density at radius 1 is 0.702 bits per heavy atom. The third-order valence-electron chi connectivity index (χ3n) is 6.50. The van der Waals surface area contributed by atoms with Crippen LogP contribution in [0.5, 0.6) is 0 Å². The van der Waals surface area contributed by atoms with Gasteiger partial charge >= 0.3 is 24.1 Å². The Balaban J connectivity index is 0.000000771. The molecule has 0 heterocycles. The minimum atomic E-state index is -5.08. The van der Waals surface area contributed by atoms with Crippen LogP contribution in [0.25, 0.3) is 21.9 Å². The molecule has 11 nitrogen and oxygen atoms in total. The molecule has 1 unspecified atom stereocenters. The number of nitrogens with one attached hydrogen (secondary N) is 4. The standard InChI is InChI=1S/C31H30N4O5.C2HF3O2/c36-28(17-18-32-31(40)35-26-12-6-10-23-9-4-5-11-25(23)26)33-20-29(37)34-27(19-30(38)39)24-15-13-22(14-16-24)21-7-2-1-3-8-21;3-2(4,5)1(6)7/h1-16,27H,17-20H2,(H,33,36)(H,34,37)(H,38,39)(H2,32,35,40);(H,6,7). The maximum Gasteiger partial charge on any atom is 0.490 e. The largest absolute Gasteiger partial charge is 0.490 e. The summed E-state index contributed by atoms with van der Waals surface area (Å²) in [6, 6.07) is 29.1. The fraction of sp³-hybridized carbons (Fsp3) is 0.182. The number of rotatable bonds is 11. The number of fused-ring (bicyclic) bond motifs is 1. The second-order valence-electron chi connectivity index (χ2n) is 9.94. The Bertz CT molecular complexity index is 1690. The number of carbonyl (C=O) groups excluding carboxylic acids is 3. The Kier molecular flexibility index (Phi) is 12.8. The summed E-state index contributed by atoms with van der Waals surface area (Å²) < 4.78 is 31.7. The number of hydrogen-bond donors (Lipinski definition) is 6. The SMILES string of the molecule is O=C(O)C(F)(F)F.O=C(O)CC(NC(=O)CNC(=O)CCNC(=O)Nc1cccc2ccccc12)c1ccc(-c2ccccc2)cc1. The number of anilines is 1. The van der Waals surface area contributed by atoms with Gasteiger partial charge in [0.2, 0.25) is 11.8 Å². The Hall–Kier alpha value is -5.92. The highest BCUT2D eigenvalue weighted by Crippen LogP contribution is 2.24. The quantitative estimate of drug-likeness (QED) is 0.131. The molecule has 47 heavy (non-hydrogen) atoms. The summed E-state index contributed by atoms with van der Waals surface area (Å²) in [5, 5.41) is 28.9. The summed E-state index contributed by atoms with van der Waals surface area (Å²) in [6.45, 7) is -0.251. The van der Waals surface area contributed by atoms with Gasteiger partial charge in [0.1, 0.15) is 0 Å². The highest BCUT2D eigenvalue weighted by atomic mass is 19.4. The number of aliphatic carboxylic acids is 2. The van der Waals surface area contributed by atoms with E-state index in [4.69, 9.17) is 9.90 Å². The van der Waals surface area contributed by atoms with Gasteiger partial charge in [-0.25, -0.2) is 9.59 Å². The van der Waals surface area contributed by atoms with E-state index in [0.717, 1.165) is 21.9 Å². The Labute approximate surface area is 266 Å². The Morgan fingerprint density at radius 2 is 1.30 bits per heavy atom. The lowest BCUT2D eigenvalue weighted by Gasteiger charge is -2.18. The number of alkyl halides is 3. The van der Waals surface area contributed by atoms with Crippen LogP contribution >= 0.6 is 0 Å². The van der Waals surface area contributed by atoms with Gasteiger partial charge < -0.3 is 31.5 Å². The molecule has 246 valence electrons. The van der Waals surface area contributed by atoms with Gasteiger partial charge in [0.15, 0.2) is 0 Å². The maximum absolute atomic E-state index is 12.5. The van der Waals surface area contributed by atoms with E-state index in [0.29, 0.717) is 11.3 Å². The molecule has 1 atom stereocenters. The topological polar surface area (TPSA) is 174 Å². The molecule has 0 aliphatic carbocycles. The zero-order valence-corrected chi connectivity index (χ0v) is 24.7. The number of carboxylic acids is 2. The van der Waals surface area contributed by atoms with Gasteiger partial charge in [0.25, 0.3) is 0 Å². The lowest BCUT2D eigenvalue weighted by atomic mass is 9.99. The van der Waals surface area contributed by atoms with Gasteiger partial charge in [-0.3, -0.25) is 14.4 Å². The van der Waals surface area contributed by atoms with Crippen LogP contribution in [-0.4, -0.2) is 59.3 Å². The van der Waals surface area contributed by atoms with Gasteiger partial charge in [0, 0.05) is 18.4 Å². The number of halogens is 3. The molecule has 0 saturated carbocycles. The number of amides is 4. The lowest BCUT2D eigenvalue weighted by molar-refractivity contribution is -0.192. The van der Waals surface area contributed by atoms with Gasteiger partial charge in [-0.05, 0) is 28.1 Å². The molecule has 0 bridgehead atoms. The molecule has 0 spiro atoms. The van der Waals surface area contributed by atoms with E-state index in [1.165, 1.54) is 0 Å². The number of urea groups is 1. The van der Waals surface area contributed by atoms with Crippen LogP contribution in [-0.2, 0) is 19.2 Å². The molecule has 14 heteroatoms. The predicted molar refractivity (Wildman–Crippen MR) is 167 cm³/mol. The third kappa shape index (κ3) is 11.8. The molecule has 4 aromatic carbocycles. The van der Waals surface area contributed by atoms with E-state index in [-0.39, 0.29) is 25.9 Å². The van der Waals surface area contributed by atoms with E-state index in [9.17, 15) is 37.5 Å². The fourth-order valence-corrected chi connectivity index (χ4v) is 4.27. The van der Waals surface area contributed by atoms with Crippen molar-refractivity contribution < 1.29 is 47.4 Å². The van der Waals surface area contributed by atoms with Crippen LogP contribution in [0, 0.1) is 0 Å². The van der Waals surface area contributed by atoms with E-state index in [2.05, 4.69) is 21.3 Å². The molecule has 4 aromatic rings. The van der Waals surface area contributed by atoms with Crippen LogP contribution in [0.4, 0.5) is 23.7 Å². The fourth-order valence-electron chi connectivity index (χ4n) is 4.27. The predicted octanol–water partition coefficient (Wildman–Crippen LogP) is 5.10. The first-order valence-electron chi connectivity index (χ1n) is 14.1. The summed E-state index contributed by atoms with van der Waals surface area (Å²) in [5.41, 5.74) is 3.29. The molecule has 4 rings (SSSR count). The first-order chi connectivity index (χ1) is 22.3. The molecular weight excluding hydrogens is 621 g/mol. The zero-order valence-electron chi connectivity index (χ0n) is 24.7. The van der Waals surface area contributed by atoms with E-state index in [1.807, 2.05) is 78.9 Å². The Morgan fingerprint density at radius 3 is 1.94 bits per heavy atom. The molecule has 0 aliphatic heterocycles. The van der Waals surface area contributed by atoms with Crippen LogP contribution in [0.2, 0.25) is 0 Å².